The lowest BCUT2D eigenvalue weighted by Gasteiger charge is -2.23. The highest BCUT2D eigenvalue weighted by Crippen LogP contribution is 2.50. The van der Waals surface area contributed by atoms with Crippen molar-refractivity contribution >= 4 is 37.7 Å². The van der Waals surface area contributed by atoms with Crippen molar-refractivity contribution in [1.29, 1.82) is 5.41 Å². The Balaban J connectivity index is 5.17. The molecule has 0 fully saturated rings. The summed E-state index contributed by atoms with van der Waals surface area (Å²) in [7, 11) is -4.24. The van der Waals surface area contributed by atoms with Gasteiger partial charge in [0.05, 0.1) is 0 Å². The number of aliphatic hydroxyl groups excluding tert-OH is 2. The van der Waals surface area contributed by atoms with Crippen LogP contribution in [0.5, 0.6) is 0 Å². The minimum absolute atomic E-state index is 0.541. The lowest BCUT2D eigenvalue weighted by atomic mass is 10.3. The third kappa shape index (κ3) is 10.4. The topological polar surface area (TPSA) is 264 Å². The number of rotatable bonds is 12. The molecule has 0 amide bonds. The normalized spacial score (nSPS) is 16.3. The molecule has 0 saturated carbocycles. The second-order valence-electron chi connectivity index (χ2n) is 5.90. The van der Waals surface area contributed by atoms with E-state index in [4.69, 9.17) is 21.4 Å². The number of aliphatic hydroxyl groups is 3. The first-order valence-corrected chi connectivity index (χ1v) is 9.63. The lowest BCUT2D eigenvalue weighted by molar-refractivity contribution is -0.310. The Bertz CT molecular complexity index is 740. The van der Waals surface area contributed by atoms with Crippen LogP contribution in [-0.2, 0) is 57.2 Å². The van der Waals surface area contributed by atoms with Crippen LogP contribution in [0.25, 0.3) is 0 Å². The van der Waals surface area contributed by atoms with Gasteiger partial charge in [-0.1, -0.05) is 14.0 Å². The molecule has 0 rings (SSSR count). The van der Waals surface area contributed by atoms with Crippen LogP contribution >= 0.6 is 7.82 Å². The molecule has 3 unspecified atom stereocenters. The van der Waals surface area contributed by atoms with Crippen molar-refractivity contribution < 1.29 is 72.5 Å². The maximum atomic E-state index is 12.2. The second kappa shape index (κ2) is 12.2. The van der Waals surface area contributed by atoms with Crippen molar-refractivity contribution in [2.75, 3.05) is 13.6 Å². The molecule has 0 aromatic rings. The van der Waals surface area contributed by atoms with Gasteiger partial charge < -0.3 is 30.7 Å². The Hall–Kier alpha value is -2.86. The van der Waals surface area contributed by atoms with Crippen molar-refractivity contribution in [3.8, 4) is 0 Å². The van der Waals surface area contributed by atoms with Gasteiger partial charge in [-0.15, -0.1) is 0 Å². The van der Waals surface area contributed by atoms with Crippen molar-refractivity contribution in [2.45, 2.75) is 38.8 Å². The van der Waals surface area contributed by atoms with E-state index in [1.165, 1.54) is 7.05 Å². The van der Waals surface area contributed by atoms with E-state index in [0.717, 1.165) is 18.7 Å². The summed E-state index contributed by atoms with van der Waals surface area (Å²) in [5.41, 5.74) is 5.11. The summed E-state index contributed by atoms with van der Waals surface area (Å²) >= 11 is 0. The SMILES string of the molecule is CC(O)C(=O)OOP(=O)(OOC(=O)C(C)O)OOC(=O)C(C)(O)OC(=O)CN(C)C(=N)N. The maximum absolute atomic E-state index is 12.2. The molecule has 0 aliphatic heterocycles. The maximum Gasteiger partial charge on any atom is 0.584 e. The van der Waals surface area contributed by atoms with E-state index in [9.17, 15) is 28.8 Å². The van der Waals surface area contributed by atoms with Crippen molar-refractivity contribution in [3.63, 3.8) is 0 Å². The van der Waals surface area contributed by atoms with Crippen LogP contribution in [0.1, 0.15) is 20.8 Å². The first-order valence-electron chi connectivity index (χ1n) is 8.17. The number of carbonyl (C=O) groups is 4. The standard InChI is InChI=1S/C13H22N3O15P/c1-6(17)9(20)26-29-32(24,30-27-10(21)7(2)18)31-28-11(22)13(3,23)25-8(19)5-16(4)12(14)15/h6-7,17-18,23H,5H2,1-4H3,(H3,14,15). The molecule has 0 aliphatic carbocycles. The quantitative estimate of drug-likeness (QED) is 0.0355. The molecular formula is C13H22N3O15P. The summed E-state index contributed by atoms with van der Waals surface area (Å²) in [4.78, 5) is 58.5. The summed E-state index contributed by atoms with van der Waals surface area (Å²) in [6.07, 6.45) is -3.58. The van der Waals surface area contributed by atoms with E-state index >= 15 is 0 Å². The molecule has 0 saturated heterocycles. The third-order valence-corrected chi connectivity index (χ3v) is 3.55. The Morgan fingerprint density at radius 3 is 1.81 bits per heavy atom. The van der Waals surface area contributed by atoms with Gasteiger partial charge in [0.25, 0.3) is 0 Å². The number of likely N-dealkylation sites (N-methyl/N-ethyl adjacent to an activating group) is 1. The van der Waals surface area contributed by atoms with Gasteiger partial charge in [-0.2, -0.15) is 0 Å². The summed E-state index contributed by atoms with van der Waals surface area (Å²) in [5.74, 6) is -9.89. The molecule has 18 nitrogen and oxygen atoms in total. The smallest absolute Gasteiger partial charge is 0.420 e. The van der Waals surface area contributed by atoms with Crippen molar-refractivity contribution in [1.82, 2.24) is 4.90 Å². The Labute approximate surface area is 179 Å². The van der Waals surface area contributed by atoms with Crippen LogP contribution in [0.3, 0.4) is 0 Å². The monoisotopic (exact) mass is 491 g/mol. The number of phosphoric acid groups is 1. The number of guanidine groups is 1. The average molecular weight is 491 g/mol. The number of esters is 1. The van der Waals surface area contributed by atoms with E-state index in [1.807, 2.05) is 0 Å². The molecule has 19 heteroatoms. The molecule has 3 atom stereocenters. The van der Waals surface area contributed by atoms with Gasteiger partial charge in [0, 0.05) is 14.0 Å². The highest BCUT2D eigenvalue weighted by molar-refractivity contribution is 7.48. The summed E-state index contributed by atoms with van der Waals surface area (Å²) in [5, 5.41) is 34.9. The fourth-order valence-electron chi connectivity index (χ4n) is 1.07. The molecule has 0 heterocycles. The molecular weight excluding hydrogens is 469 g/mol. The zero-order valence-corrected chi connectivity index (χ0v) is 18.0. The third-order valence-electron chi connectivity index (χ3n) is 2.78. The highest BCUT2D eigenvalue weighted by Gasteiger charge is 2.43. The zero-order chi connectivity index (χ0) is 25.3. The van der Waals surface area contributed by atoms with Gasteiger partial charge in [-0.3, -0.25) is 24.9 Å². The number of hydrogen-bond donors (Lipinski definition) is 5. The van der Waals surface area contributed by atoms with Crippen molar-refractivity contribution in [2.24, 2.45) is 5.73 Å². The number of carbonyl (C=O) groups excluding carboxylic acids is 4. The largest absolute Gasteiger partial charge is 0.584 e. The number of hydrogen-bond acceptors (Lipinski definition) is 16. The Morgan fingerprint density at radius 2 is 1.44 bits per heavy atom. The van der Waals surface area contributed by atoms with Crippen LogP contribution in [0.4, 0.5) is 0 Å². The van der Waals surface area contributed by atoms with Gasteiger partial charge in [-0.05, 0) is 13.8 Å². The molecule has 184 valence electrons. The van der Waals surface area contributed by atoms with Crippen LogP contribution in [-0.4, -0.2) is 81.6 Å². The Morgan fingerprint density at radius 1 is 1.03 bits per heavy atom. The second-order valence-corrected chi connectivity index (χ2v) is 7.24. The minimum atomic E-state index is -5.46. The first-order chi connectivity index (χ1) is 14.5. The summed E-state index contributed by atoms with van der Waals surface area (Å²) in [6.45, 7) is 1.76. The van der Waals surface area contributed by atoms with Crippen LogP contribution in [0.15, 0.2) is 0 Å². The molecule has 6 N–H and O–H groups in total. The Kier molecular flexibility index (Phi) is 11.2. The van der Waals surface area contributed by atoms with Crippen LogP contribution in [0, 0.1) is 5.41 Å². The van der Waals surface area contributed by atoms with Gasteiger partial charge in [0.2, 0.25) is 0 Å². The highest BCUT2D eigenvalue weighted by atomic mass is 31.2. The number of nitrogens with two attached hydrogens (primary N) is 1. The summed E-state index contributed by atoms with van der Waals surface area (Å²) in [6, 6.07) is 0. The molecule has 0 aliphatic rings. The first kappa shape index (κ1) is 29.1. The minimum Gasteiger partial charge on any atom is -0.420 e. The lowest BCUT2D eigenvalue weighted by Crippen LogP contribution is -2.45. The van der Waals surface area contributed by atoms with Gasteiger partial charge >= 0.3 is 37.5 Å². The van der Waals surface area contributed by atoms with E-state index in [1.54, 1.807) is 0 Å². The predicted molar refractivity (Wildman–Crippen MR) is 93.8 cm³/mol. The predicted octanol–water partition coefficient (Wildman–Crippen LogP) is -2.64. The molecule has 0 spiro atoms. The van der Waals surface area contributed by atoms with Crippen molar-refractivity contribution in [3.05, 3.63) is 0 Å². The fourth-order valence-corrected chi connectivity index (χ4v) is 1.64. The molecule has 32 heavy (non-hydrogen) atoms. The molecule has 0 bridgehead atoms. The average Bonchev–Trinajstić information content (AvgIpc) is 2.67. The van der Waals surface area contributed by atoms with E-state index in [0.29, 0.717) is 6.92 Å². The zero-order valence-electron chi connectivity index (χ0n) is 17.1. The summed E-state index contributed by atoms with van der Waals surface area (Å²) < 4.78 is 28.5. The molecule has 0 aromatic heterocycles. The van der Waals surface area contributed by atoms with Crippen LogP contribution in [0.2, 0.25) is 0 Å². The van der Waals surface area contributed by atoms with Gasteiger partial charge in [-0.25, -0.2) is 18.9 Å². The van der Waals surface area contributed by atoms with Gasteiger partial charge in [0.1, 0.15) is 6.54 Å². The molecule has 0 aromatic carbocycles. The van der Waals surface area contributed by atoms with E-state index in [2.05, 4.69) is 33.4 Å². The number of nitrogens with one attached hydrogen (secondary N) is 1. The molecule has 0 radical (unpaired) electrons. The van der Waals surface area contributed by atoms with E-state index < -0.39 is 62.2 Å². The number of nitrogens with zero attached hydrogens (tertiary/aromatic N) is 1. The fraction of sp³-hybridized carbons (Fsp3) is 0.615. The number of ether oxygens (including phenoxy) is 1. The van der Waals surface area contributed by atoms with Crippen LogP contribution < -0.4 is 5.73 Å². The van der Waals surface area contributed by atoms with E-state index in [-0.39, 0.29) is 0 Å². The van der Waals surface area contributed by atoms with Gasteiger partial charge in [0.15, 0.2) is 18.2 Å².